The van der Waals surface area contributed by atoms with Crippen LogP contribution in [0.3, 0.4) is 0 Å². The van der Waals surface area contributed by atoms with Crippen molar-refractivity contribution >= 4 is 29.0 Å². The molecule has 1 aromatic heterocycles. The van der Waals surface area contributed by atoms with Gasteiger partial charge in [0.25, 0.3) is 11.8 Å². The lowest BCUT2D eigenvalue weighted by molar-refractivity contribution is -0.110. The van der Waals surface area contributed by atoms with Crippen molar-refractivity contribution in [2.45, 2.75) is 13.1 Å². The summed E-state index contributed by atoms with van der Waals surface area (Å²) in [6, 6.07) is 6.58. The lowest BCUT2D eigenvalue weighted by atomic mass is 10.0. The summed E-state index contributed by atoms with van der Waals surface area (Å²) in [5.74, 6) is -3.52. The molecule has 32 heavy (non-hydrogen) atoms. The van der Waals surface area contributed by atoms with Gasteiger partial charge in [0.15, 0.2) is 11.6 Å². The van der Waals surface area contributed by atoms with Gasteiger partial charge in [-0.3, -0.25) is 9.59 Å². The second kappa shape index (κ2) is 9.69. The maximum Gasteiger partial charge on any atom is 0.430 e. The van der Waals surface area contributed by atoms with Crippen LogP contribution >= 0.6 is 0 Å². The van der Waals surface area contributed by atoms with Gasteiger partial charge in [0.1, 0.15) is 11.4 Å². The average molecular weight is 448 g/mol. The van der Waals surface area contributed by atoms with E-state index in [0.717, 1.165) is 12.3 Å². The van der Waals surface area contributed by atoms with E-state index < -0.39 is 41.0 Å². The molecule has 1 aromatic carbocycles. The van der Waals surface area contributed by atoms with Gasteiger partial charge in [-0.15, -0.1) is 0 Å². The number of pyridine rings is 1. The van der Waals surface area contributed by atoms with Crippen LogP contribution in [-0.2, 0) is 4.79 Å². The molecule has 0 fully saturated rings. The first-order chi connectivity index (χ1) is 15.0. The number of nitrogens with zero attached hydrogens (tertiary/aromatic N) is 3. The Kier molecular flexibility index (Phi) is 7.27. The first kappa shape index (κ1) is 24.0. The molecule has 0 saturated heterocycles. The Morgan fingerprint density at radius 1 is 1.31 bits per heavy atom. The summed E-state index contributed by atoms with van der Waals surface area (Å²) in [4.78, 5) is 32.2. The summed E-state index contributed by atoms with van der Waals surface area (Å²) < 4.78 is 52.7. The van der Waals surface area contributed by atoms with Crippen molar-refractivity contribution in [3.05, 3.63) is 64.7 Å². The number of aliphatic imine (C=N–C) groups is 1. The minimum Gasteiger partial charge on any atom is -0.395 e. The number of aryl methyl sites for hydroxylation is 1. The Labute approximate surface area is 179 Å². The van der Waals surface area contributed by atoms with Gasteiger partial charge in [-0.05, 0) is 42.8 Å². The molecule has 2 rings (SSSR count). The van der Waals surface area contributed by atoms with Crippen molar-refractivity contribution < 1.29 is 27.2 Å². The lowest BCUT2D eigenvalue weighted by Gasteiger charge is -2.14. The van der Waals surface area contributed by atoms with Gasteiger partial charge in [-0.2, -0.15) is 18.4 Å². The van der Waals surface area contributed by atoms with Gasteiger partial charge in [0.05, 0.1) is 22.9 Å². The van der Waals surface area contributed by atoms with E-state index in [1.165, 1.54) is 32.2 Å². The smallest absolute Gasteiger partial charge is 0.395 e. The minimum absolute atomic E-state index is 0.0819. The van der Waals surface area contributed by atoms with Crippen molar-refractivity contribution in [2.75, 3.05) is 12.4 Å². The normalized spacial score (nSPS) is 12.2. The molecule has 0 bridgehead atoms. The van der Waals surface area contributed by atoms with E-state index in [4.69, 9.17) is 11.0 Å². The van der Waals surface area contributed by atoms with Gasteiger partial charge in [-0.1, -0.05) is 0 Å². The van der Waals surface area contributed by atoms with Crippen LogP contribution in [0.4, 0.5) is 29.1 Å². The number of aromatic nitrogens is 1. The Bertz CT molecular complexity index is 1170. The summed E-state index contributed by atoms with van der Waals surface area (Å²) in [5.41, 5.74) is 2.62. The zero-order chi connectivity index (χ0) is 24.1. The summed E-state index contributed by atoms with van der Waals surface area (Å²) in [6.07, 6.45) is -3.63. The monoisotopic (exact) mass is 448 g/mol. The van der Waals surface area contributed by atoms with Gasteiger partial charge < -0.3 is 16.4 Å². The van der Waals surface area contributed by atoms with E-state index in [9.17, 15) is 27.2 Å². The zero-order valence-electron chi connectivity index (χ0n) is 16.7. The molecular formula is C20H16F4N6O2. The number of nitriles is 1. The molecule has 0 aliphatic heterocycles. The van der Waals surface area contributed by atoms with Crippen molar-refractivity contribution in [3.8, 4) is 6.07 Å². The second-order valence-corrected chi connectivity index (χ2v) is 6.26. The van der Waals surface area contributed by atoms with Crippen molar-refractivity contribution in [2.24, 2.45) is 10.7 Å². The molecule has 0 aliphatic carbocycles. The number of hydrogen-bond donors (Lipinski definition) is 3. The van der Waals surface area contributed by atoms with E-state index >= 15 is 0 Å². The summed E-state index contributed by atoms with van der Waals surface area (Å²) in [6.45, 7) is 1.47. The van der Waals surface area contributed by atoms with E-state index in [1.807, 2.05) is 6.07 Å². The highest BCUT2D eigenvalue weighted by Gasteiger charge is 2.32. The average Bonchev–Trinajstić information content (AvgIpc) is 2.74. The molecule has 8 nitrogen and oxygen atoms in total. The standard InChI is InChI=1S/C20H16F4N6O2/c1-10-6-11(9-25)7-12(18(31)27-2)16(10)30-19(32)14(8-15(26)20(22,23)24)29-17-13(21)4-3-5-28-17/h3-8H,26H2,1-2H3,(H,27,31)(H,30,32). The number of nitrogens with one attached hydrogen (secondary N) is 2. The van der Waals surface area contributed by atoms with Crippen LogP contribution in [0, 0.1) is 24.1 Å². The molecule has 166 valence electrons. The quantitative estimate of drug-likeness (QED) is 0.478. The number of halogens is 4. The Morgan fingerprint density at radius 2 is 2.00 bits per heavy atom. The van der Waals surface area contributed by atoms with Gasteiger partial charge in [-0.25, -0.2) is 14.4 Å². The summed E-state index contributed by atoms with van der Waals surface area (Å²) in [5, 5.41) is 13.7. The molecule has 0 spiro atoms. The maximum atomic E-state index is 13.9. The minimum atomic E-state index is -4.98. The molecule has 2 amide bonds. The number of hydrogen-bond acceptors (Lipinski definition) is 6. The molecular weight excluding hydrogens is 432 g/mol. The summed E-state index contributed by atoms with van der Waals surface area (Å²) in [7, 11) is 1.31. The van der Waals surface area contributed by atoms with Crippen LogP contribution < -0.4 is 16.4 Å². The third-order valence-corrected chi connectivity index (χ3v) is 3.99. The molecule has 0 radical (unpaired) electrons. The van der Waals surface area contributed by atoms with Crippen LogP contribution in [0.5, 0.6) is 0 Å². The number of alkyl halides is 3. The molecule has 0 atom stereocenters. The molecule has 12 heteroatoms. The largest absolute Gasteiger partial charge is 0.430 e. The zero-order valence-corrected chi connectivity index (χ0v) is 16.7. The van der Waals surface area contributed by atoms with Crippen LogP contribution in [0.2, 0.25) is 0 Å². The van der Waals surface area contributed by atoms with Gasteiger partial charge in [0.2, 0.25) is 0 Å². The SMILES string of the molecule is CNC(=O)c1cc(C#N)cc(C)c1NC(=O)C(C=C(N)C(F)(F)F)=Nc1ncccc1F. The third kappa shape index (κ3) is 5.66. The van der Waals surface area contributed by atoms with Crippen LogP contribution in [0.25, 0.3) is 0 Å². The fraction of sp³-hybridized carbons (Fsp3) is 0.150. The maximum absolute atomic E-state index is 13.9. The Morgan fingerprint density at radius 3 is 2.56 bits per heavy atom. The second-order valence-electron chi connectivity index (χ2n) is 6.26. The first-order valence-electron chi connectivity index (χ1n) is 8.79. The highest BCUT2D eigenvalue weighted by atomic mass is 19.4. The van der Waals surface area contributed by atoms with Crippen molar-refractivity contribution in [3.63, 3.8) is 0 Å². The number of carbonyl (C=O) groups excluding carboxylic acids is 2. The number of amides is 2. The van der Waals surface area contributed by atoms with Crippen LogP contribution in [0.1, 0.15) is 21.5 Å². The van der Waals surface area contributed by atoms with Crippen LogP contribution in [-0.4, -0.2) is 35.7 Å². The predicted molar refractivity (Wildman–Crippen MR) is 108 cm³/mol. The fourth-order valence-corrected chi connectivity index (χ4v) is 2.46. The van der Waals surface area contributed by atoms with Gasteiger partial charge >= 0.3 is 6.18 Å². The molecule has 2 aromatic rings. The van der Waals surface area contributed by atoms with E-state index in [2.05, 4.69) is 20.6 Å². The number of rotatable bonds is 5. The molecule has 1 heterocycles. The summed E-state index contributed by atoms with van der Waals surface area (Å²) >= 11 is 0. The lowest BCUT2D eigenvalue weighted by Crippen LogP contribution is -2.28. The number of allylic oxidation sites excluding steroid dienone is 1. The van der Waals surface area contributed by atoms with Crippen LogP contribution in [0.15, 0.2) is 47.2 Å². The third-order valence-electron chi connectivity index (χ3n) is 3.99. The van der Waals surface area contributed by atoms with E-state index in [0.29, 0.717) is 0 Å². The highest BCUT2D eigenvalue weighted by molar-refractivity contribution is 6.47. The fourth-order valence-electron chi connectivity index (χ4n) is 2.46. The highest BCUT2D eigenvalue weighted by Crippen LogP contribution is 2.25. The topological polar surface area (TPSA) is 133 Å². The van der Waals surface area contributed by atoms with E-state index in [-0.39, 0.29) is 28.5 Å². The number of anilines is 1. The predicted octanol–water partition coefficient (Wildman–Crippen LogP) is 2.88. The van der Waals surface area contributed by atoms with Crippen molar-refractivity contribution in [1.29, 1.82) is 5.26 Å². The Balaban J connectivity index is 2.61. The van der Waals surface area contributed by atoms with Gasteiger partial charge in [0, 0.05) is 13.2 Å². The number of carbonyl (C=O) groups is 2. The van der Waals surface area contributed by atoms with Crippen molar-refractivity contribution in [1.82, 2.24) is 10.3 Å². The number of benzene rings is 1. The molecule has 4 N–H and O–H groups in total. The molecule has 0 aliphatic rings. The first-order valence-corrected chi connectivity index (χ1v) is 8.79. The van der Waals surface area contributed by atoms with E-state index in [1.54, 1.807) is 0 Å². The molecule has 0 saturated carbocycles. The Hall–Kier alpha value is -4.27. The number of nitrogens with two attached hydrogens (primary N) is 1. The molecule has 0 unspecified atom stereocenters.